The molecule has 0 bridgehead atoms. The van der Waals surface area contributed by atoms with Crippen LogP contribution in [-0.4, -0.2) is 6.61 Å². The number of unbranched alkanes of at least 4 members (excludes halogenated alkanes) is 5. The second kappa shape index (κ2) is 9.16. The lowest BCUT2D eigenvalue weighted by atomic mass is 9.96. The molecule has 3 aromatic rings. The first-order valence-corrected chi connectivity index (χ1v) is 9.84. The molecule has 0 spiro atoms. The average molecular weight is 354 g/mol. The predicted molar refractivity (Wildman–Crippen MR) is 116 cm³/mol. The van der Waals surface area contributed by atoms with Crippen molar-refractivity contribution in [1.82, 2.24) is 0 Å². The summed E-state index contributed by atoms with van der Waals surface area (Å²) in [7, 11) is 0. The minimum Gasteiger partial charge on any atom is -0.492 e. The molecule has 0 aliphatic heterocycles. The van der Waals surface area contributed by atoms with E-state index in [1.165, 1.54) is 32.1 Å². The largest absolute Gasteiger partial charge is 0.492 e. The van der Waals surface area contributed by atoms with Gasteiger partial charge in [-0.15, -0.1) is 12.8 Å². The number of rotatable bonds is 8. The molecular formula is C26H26O. The molecule has 3 rings (SSSR count). The minimum absolute atomic E-state index is 0.709. The van der Waals surface area contributed by atoms with Gasteiger partial charge in [-0.25, -0.2) is 0 Å². The van der Waals surface area contributed by atoms with Gasteiger partial charge in [-0.3, -0.25) is 0 Å². The summed E-state index contributed by atoms with van der Waals surface area (Å²) in [5.74, 6) is 6.47. The SMILES string of the molecule is C#Cc1cccc2c(OCCCCCCCC)c3cccc(C#C)c3cc12. The highest BCUT2D eigenvalue weighted by Crippen LogP contribution is 2.37. The smallest absolute Gasteiger partial charge is 0.135 e. The van der Waals surface area contributed by atoms with Crippen LogP contribution >= 0.6 is 0 Å². The van der Waals surface area contributed by atoms with Crippen molar-refractivity contribution >= 4 is 21.5 Å². The zero-order valence-corrected chi connectivity index (χ0v) is 16.1. The summed E-state index contributed by atoms with van der Waals surface area (Å²) in [5, 5.41) is 4.15. The summed E-state index contributed by atoms with van der Waals surface area (Å²) >= 11 is 0. The van der Waals surface area contributed by atoms with Gasteiger partial charge in [-0.2, -0.15) is 0 Å². The third-order valence-electron chi connectivity index (χ3n) is 5.05. The first-order valence-electron chi connectivity index (χ1n) is 9.84. The molecule has 0 aliphatic rings. The number of benzene rings is 3. The van der Waals surface area contributed by atoms with Crippen LogP contribution in [0.3, 0.4) is 0 Å². The Kier molecular flexibility index (Phi) is 6.40. The van der Waals surface area contributed by atoms with Gasteiger partial charge in [0.05, 0.1) is 6.61 Å². The van der Waals surface area contributed by atoms with Gasteiger partial charge in [-0.05, 0) is 24.6 Å². The molecule has 27 heavy (non-hydrogen) atoms. The zero-order valence-electron chi connectivity index (χ0n) is 16.1. The standard InChI is InChI=1S/C26H26O/c1-4-7-8-9-10-11-18-27-26-22-16-12-14-20(5-2)24(22)19-25-21(6-3)15-13-17-23(25)26/h2-3,12-17,19H,4,7-11,18H2,1H3. The summed E-state index contributed by atoms with van der Waals surface area (Å²) in [6.45, 7) is 2.95. The van der Waals surface area contributed by atoms with Gasteiger partial charge in [0.15, 0.2) is 0 Å². The van der Waals surface area contributed by atoms with Crippen molar-refractivity contribution in [3.63, 3.8) is 0 Å². The molecule has 0 unspecified atom stereocenters. The quantitative estimate of drug-likeness (QED) is 0.249. The lowest BCUT2D eigenvalue weighted by Crippen LogP contribution is -2.00. The summed E-state index contributed by atoms with van der Waals surface area (Å²) < 4.78 is 6.30. The Morgan fingerprint density at radius 2 is 1.30 bits per heavy atom. The predicted octanol–water partition coefficient (Wildman–Crippen LogP) is 6.69. The molecule has 0 saturated heterocycles. The number of fused-ring (bicyclic) bond motifs is 2. The van der Waals surface area contributed by atoms with Gasteiger partial charge < -0.3 is 4.74 Å². The van der Waals surface area contributed by atoms with E-state index in [1.54, 1.807) is 0 Å². The highest BCUT2D eigenvalue weighted by Gasteiger charge is 2.12. The van der Waals surface area contributed by atoms with Crippen LogP contribution in [0, 0.1) is 24.7 Å². The van der Waals surface area contributed by atoms with Gasteiger partial charge in [0.1, 0.15) is 5.75 Å². The highest BCUT2D eigenvalue weighted by atomic mass is 16.5. The fourth-order valence-corrected chi connectivity index (χ4v) is 3.59. The maximum Gasteiger partial charge on any atom is 0.135 e. The van der Waals surface area contributed by atoms with Crippen molar-refractivity contribution in [2.45, 2.75) is 45.4 Å². The third kappa shape index (κ3) is 4.10. The fraction of sp³-hybridized carbons (Fsp3) is 0.308. The normalized spacial score (nSPS) is 10.6. The Bertz CT molecular complexity index is 942. The third-order valence-corrected chi connectivity index (χ3v) is 5.05. The second-order valence-corrected chi connectivity index (χ2v) is 6.91. The van der Waals surface area contributed by atoms with Crippen LogP contribution in [0.15, 0.2) is 42.5 Å². The number of terminal acetylenes is 2. The van der Waals surface area contributed by atoms with Crippen LogP contribution in [0.25, 0.3) is 21.5 Å². The number of ether oxygens (including phenoxy) is 1. The average Bonchev–Trinajstić information content (AvgIpc) is 2.71. The summed E-state index contributed by atoms with van der Waals surface area (Å²) in [5.41, 5.74) is 1.73. The lowest BCUT2D eigenvalue weighted by molar-refractivity contribution is 0.311. The molecular weight excluding hydrogens is 328 g/mol. The molecule has 0 aromatic heterocycles. The van der Waals surface area contributed by atoms with Crippen LogP contribution in [0.4, 0.5) is 0 Å². The van der Waals surface area contributed by atoms with Crippen molar-refractivity contribution in [1.29, 1.82) is 0 Å². The van der Waals surface area contributed by atoms with E-state index in [2.05, 4.69) is 37.0 Å². The van der Waals surface area contributed by atoms with E-state index < -0.39 is 0 Å². The zero-order chi connectivity index (χ0) is 19.1. The monoisotopic (exact) mass is 354 g/mol. The van der Waals surface area contributed by atoms with Crippen LogP contribution in [-0.2, 0) is 0 Å². The van der Waals surface area contributed by atoms with E-state index >= 15 is 0 Å². The van der Waals surface area contributed by atoms with Crippen LogP contribution in [0.2, 0.25) is 0 Å². The highest BCUT2D eigenvalue weighted by molar-refractivity contribution is 6.08. The molecule has 3 aromatic carbocycles. The van der Waals surface area contributed by atoms with Gasteiger partial charge in [0.25, 0.3) is 0 Å². The van der Waals surface area contributed by atoms with E-state index in [4.69, 9.17) is 17.6 Å². The van der Waals surface area contributed by atoms with Crippen molar-refractivity contribution < 1.29 is 4.74 Å². The molecule has 1 nitrogen and oxygen atoms in total. The second-order valence-electron chi connectivity index (χ2n) is 6.91. The lowest BCUT2D eigenvalue weighted by Gasteiger charge is -2.15. The van der Waals surface area contributed by atoms with Crippen molar-refractivity contribution in [3.8, 4) is 30.4 Å². The molecule has 136 valence electrons. The maximum atomic E-state index is 6.30. The van der Waals surface area contributed by atoms with Gasteiger partial charge in [0, 0.05) is 32.7 Å². The van der Waals surface area contributed by atoms with Crippen LogP contribution in [0.1, 0.15) is 56.6 Å². The Labute approximate surface area is 162 Å². The molecule has 0 N–H and O–H groups in total. The first kappa shape index (κ1) is 18.9. The molecule has 0 atom stereocenters. The van der Waals surface area contributed by atoms with E-state index in [0.29, 0.717) is 6.61 Å². The van der Waals surface area contributed by atoms with Crippen molar-refractivity contribution in [2.75, 3.05) is 6.61 Å². The molecule has 0 saturated carbocycles. The Morgan fingerprint density at radius 3 is 1.85 bits per heavy atom. The van der Waals surface area contributed by atoms with E-state index in [1.807, 2.05) is 24.3 Å². The Balaban J connectivity index is 1.96. The maximum absolute atomic E-state index is 6.30. The van der Waals surface area contributed by atoms with Crippen LogP contribution in [0.5, 0.6) is 5.75 Å². The van der Waals surface area contributed by atoms with Gasteiger partial charge in [-0.1, -0.05) is 75.1 Å². The topological polar surface area (TPSA) is 9.23 Å². The number of hydrogen-bond acceptors (Lipinski definition) is 1. The summed E-state index contributed by atoms with van der Waals surface area (Å²) in [6.07, 6.45) is 18.9. The first-order chi connectivity index (χ1) is 13.3. The molecule has 0 amide bonds. The Hall–Kier alpha value is -2.90. The molecule has 0 aliphatic carbocycles. The minimum atomic E-state index is 0.709. The molecule has 0 fully saturated rings. The Morgan fingerprint density at radius 1 is 0.741 bits per heavy atom. The molecule has 0 heterocycles. The van der Waals surface area contributed by atoms with Crippen molar-refractivity contribution in [3.05, 3.63) is 53.6 Å². The van der Waals surface area contributed by atoms with Crippen molar-refractivity contribution in [2.24, 2.45) is 0 Å². The van der Waals surface area contributed by atoms with E-state index in [-0.39, 0.29) is 0 Å². The molecule has 0 radical (unpaired) electrons. The van der Waals surface area contributed by atoms with Gasteiger partial charge in [0.2, 0.25) is 0 Å². The van der Waals surface area contributed by atoms with E-state index in [9.17, 15) is 0 Å². The van der Waals surface area contributed by atoms with Gasteiger partial charge >= 0.3 is 0 Å². The van der Waals surface area contributed by atoms with Crippen LogP contribution < -0.4 is 4.74 Å². The van der Waals surface area contributed by atoms with E-state index in [0.717, 1.165) is 44.8 Å². The molecule has 1 heteroatoms. The summed E-state index contributed by atoms with van der Waals surface area (Å²) in [4.78, 5) is 0. The number of hydrogen-bond donors (Lipinski definition) is 0. The fourth-order valence-electron chi connectivity index (χ4n) is 3.59. The summed E-state index contributed by atoms with van der Waals surface area (Å²) in [6, 6.07) is 14.2.